The van der Waals surface area contributed by atoms with Crippen LogP contribution in [-0.2, 0) is 9.53 Å². The van der Waals surface area contributed by atoms with Crippen LogP contribution in [0.3, 0.4) is 0 Å². The summed E-state index contributed by atoms with van der Waals surface area (Å²) in [6.45, 7) is 4.54. The van der Waals surface area contributed by atoms with Gasteiger partial charge < -0.3 is 4.74 Å². The lowest BCUT2D eigenvalue weighted by Crippen LogP contribution is -2.34. The SMILES string of the molecule is CCCCCCCC[C@H]1CC[C@H]([C@H]2CC[C@H](C(=O)OC3CCC(C#N)(CCCCCCC)CC3)CC2)CC1. The first kappa shape index (κ1) is 31.5. The molecule has 3 aliphatic rings. The molecule has 0 atom stereocenters. The summed E-state index contributed by atoms with van der Waals surface area (Å²) < 4.78 is 6.04. The number of nitrogens with zero attached hydrogens (tertiary/aromatic N) is 1. The van der Waals surface area contributed by atoms with Crippen molar-refractivity contribution in [2.75, 3.05) is 0 Å². The van der Waals surface area contributed by atoms with Crippen molar-refractivity contribution in [3.05, 3.63) is 0 Å². The summed E-state index contributed by atoms with van der Waals surface area (Å²) in [5.41, 5.74) is -0.166. The summed E-state index contributed by atoms with van der Waals surface area (Å²) in [5, 5.41) is 9.88. The second-order valence-corrected chi connectivity index (χ2v) is 13.6. The molecule has 3 fully saturated rings. The van der Waals surface area contributed by atoms with Crippen molar-refractivity contribution in [2.24, 2.45) is 29.1 Å². The molecule has 0 bridgehead atoms. The number of rotatable bonds is 16. The van der Waals surface area contributed by atoms with E-state index in [0.717, 1.165) is 62.7 Å². The normalized spacial score (nSPS) is 32.0. The molecule has 218 valence electrons. The number of unbranched alkanes of at least 4 members (excludes halogenated alkanes) is 9. The zero-order valence-electron chi connectivity index (χ0n) is 25.3. The van der Waals surface area contributed by atoms with Crippen LogP contribution in [0.15, 0.2) is 0 Å². The van der Waals surface area contributed by atoms with E-state index in [0.29, 0.717) is 0 Å². The zero-order valence-corrected chi connectivity index (χ0v) is 25.3. The molecular formula is C35H61NO2. The van der Waals surface area contributed by atoms with E-state index in [1.807, 2.05) is 0 Å². The fourth-order valence-electron chi connectivity index (χ4n) is 7.99. The second kappa shape index (κ2) is 17.6. The minimum Gasteiger partial charge on any atom is -0.462 e. The highest BCUT2D eigenvalue weighted by Gasteiger charge is 2.38. The average molecular weight is 528 g/mol. The fraction of sp³-hybridized carbons (Fsp3) is 0.943. The standard InChI is InChI=1S/C35H61NO2/c1-3-5-7-9-10-12-14-29-15-17-30(18-16-29)31-19-21-32(22-20-31)34(37)38-33-23-26-35(28-36,27-24-33)25-13-11-8-6-4-2/h29-33H,3-27H2,1-2H3/t29-,30-,31-,32-,33?,35?. The van der Waals surface area contributed by atoms with E-state index >= 15 is 0 Å². The number of nitriles is 1. The summed E-state index contributed by atoms with van der Waals surface area (Å²) in [6.07, 6.45) is 31.2. The maximum absolute atomic E-state index is 13.0. The predicted molar refractivity (Wildman–Crippen MR) is 159 cm³/mol. The van der Waals surface area contributed by atoms with Gasteiger partial charge in [0.15, 0.2) is 0 Å². The molecule has 3 saturated carbocycles. The number of carbonyl (C=O) groups is 1. The Labute approximate surface area is 236 Å². The van der Waals surface area contributed by atoms with Crippen LogP contribution in [0.25, 0.3) is 0 Å². The number of hydrogen-bond donors (Lipinski definition) is 0. The van der Waals surface area contributed by atoms with Gasteiger partial charge in [-0.3, -0.25) is 4.79 Å². The van der Waals surface area contributed by atoms with Gasteiger partial charge in [0.05, 0.1) is 17.4 Å². The molecular weight excluding hydrogens is 466 g/mol. The lowest BCUT2D eigenvalue weighted by Gasteiger charge is -2.38. The number of ether oxygens (including phenoxy) is 1. The van der Waals surface area contributed by atoms with Crippen LogP contribution < -0.4 is 0 Å². The molecule has 3 heteroatoms. The molecule has 0 amide bonds. The van der Waals surface area contributed by atoms with Crippen molar-refractivity contribution in [1.29, 1.82) is 5.26 Å². The van der Waals surface area contributed by atoms with Crippen LogP contribution in [0.1, 0.15) is 174 Å². The first-order chi connectivity index (χ1) is 18.6. The molecule has 0 aromatic carbocycles. The Bertz CT molecular complexity index is 673. The first-order valence-corrected chi connectivity index (χ1v) is 17.2. The molecule has 0 saturated heterocycles. The van der Waals surface area contributed by atoms with Gasteiger partial charge in [-0.2, -0.15) is 5.26 Å². The number of carbonyl (C=O) groups excluding carboxylic acids is 1. The second-order valence-electron chi connectivity index (χ2n) is 13.6. The zero-order chi connectivity index (χ0) is 27.1. The maximum Gasteiger partial charge on any atom is 0.309 e. The molecule has 0 aromatic heterocycles. The van der Waals surface area contributed by atoms with E-state index < -0.39 is 0 Å². The Kier molecular flexibility index (Phi) is 14.6. The molecule has 0 aliphatic heterocycles. The van der Waals surface area contributed by atoms with Crippen molar-refractivity contribution in [1.82, 2.24) is 0 Å². The predicted octanol–water partition coefficient (Wildman–Crippen LogP) is 10.7. The average Bonchev–Trinajstić information content (AvgIpc) is 2.96. The van der Waals surface area contributed by atoms with Gasteiger partial charge in [-0.15, -0.1) is 0 Å². The largest absolute Gasteiger partial charge is 0.462 e. The van der Waals surface area contributed by atoms with E-state index in [1.165, 1.54) is 116 Å². The molecule has 38 heavy (non-hydrogen) atoms. The fourth-order valence-corrected chi connectivity index (χ4v) is 7.99. The molecule has 0 spiro atoms. The van der Waals surface area contributed by atoms with Crippen LogP contribution in [0.4, 0.5) is 0 Å². The first-order valence-electron chi connectivity index (χ1n) is 17.2. The van der Waals surface area contributed by atoms with Crippen molar-refractivity contribution < 1.29 is 9.53 Å². The van der Waals surface area contributed by atoms with Crippen molar-refractivity contribution in [3.8, 4) is 6.07 Å². The van der Waals surface area contributed by atoms with Crippen molar-refractivity contribution in [2.45, 2.75) is 180 Å². The van der Waals surface area contributed by atoms with Gasteiger partial charge in [-0.25, -0.2) is 0 Å². The summed E-state index contributed by atoms with van der Waals surface area (Å²) in [4.78, 5) is 13.0. The van der Waals surface area contributed by atoms with Crippen molar-refractivity contribution in [3.63, 3.8) is 0 Å². The lowest BCUT2D eigenvalue weighted by atomic mass is 9.68. The topological polar surface area (TPSA) is 50.1 Å². The molecule has 3 nitrogen and oxygen atoms in total. The third-order valence-corrected chi connectivity index (χ3v) is 10.8. The highest BCUT2D eigenvalue weighted by atomic mass is 16.5. The lowest BCUT2D eigenvalue weighted by molar-refractivity contribution is -0.158. The van der Waals surface area contributed by atoms with E-state index in [2.05, 4.69) is 19.9 Å². The van der Waals surface area contributed by atoms with E-state index in [1.54, 1.807) is 0 Å². The van der Waals surface area contributed by atoms with Gasteiger partial charge in [0.25, 0.3) is 0 Å². The Morgan fingerprint density at radius 3 is 1.82 bits per heavy atom. The highest BCUT2D eigenvalue weighted by molar-refractivity contribution is 5.72. The summed E-state index contributed by atoms with van der Waals surface area (Å²) in [7, 11) is 0. The van der Waals surface area contributed by atoms with Gasteiger partial charge in [-0.1, -0.05) is 104 Å². The quantitative estimate of drug-likeness (QED) is 0.148. The third-order valence-electron chi connectivity index (χ3n) is 10.8. The Morgan fingerprint density at radius 2 is 1.24 bits per heavy atom. The molecule has 0 radical (unpaired) electrons. The van der Waals surface area contributed by atoms with E-state index in [4.69, 9.17) is 4.74 Å². The van der Waals surface area contributed by atoms with Gasteiger partial charge in [0.1, 0.15) is 6.10 Å². The van der Waals surface area contributed by atoms with Gasteiger partial charge in [0.2, 0.25) is 0 Å². The summed E-state index contributed by atoms with van der Waals surface area (Å²) in [6, 6.07) is 2.66. The molecule has 0 N–H and O–H groups in total. The van der Waals surface area contributed by atoms with Crippen LogP contribution in [-0.4, -0.2) is 12.1 Å². The van der Waals surface area contributed by atoms with Gasteiger partial charge in [-0.05, 0) is 88.4 Å². The molecule has 0 unspecified atom stereocenters. The highest BCUT2D eigenvalue weighted by Crippen LogP contribution is 2.44. The molecule has 0 aromatic rings. The number of hydrogen-bond acceptors (Lipinski definition) is 3. The Morgan fingerprint density at radius 1 is 0.711 bits per heavy atom. The third kappa shape index (κ3) is 10.5. The van der Waals surface area contributed by atoms with Gasteiger partial charge in [0, 0.05) is 0 Å². The van der Waals surface area contributed by atoms with Crippen LogP contribution in [0.5, 0.6) is 0 Å². The van der Waals surface area contributed by atoms with Gasteiger partial charge >= 0.3 is 5.97 Å². The van der Waals surface area contributed by atoms with E-state index in [-0.39, 0.29) is 23.4 Å². The molecule has 3 rings (SSSR count). The Hall–Kier alpha value is -1.04. The van der Waals surface area contributed by atoms with Crippen molar-refractivity contribution >= 4 is 5.97 Å². The smallest absolute Gasteiger partial charge is 0.309 e. The monoisotopic (exact) mass is 527 g/mol. The van der Waals surface area contributed by atoms with Crippen LogP contribution >= 0.6 is 0 Å². The number of esters is 1. The summed E-state index contributed by atoms with van der Waals surface area (Å²) >= 11 is 0. The molecule has 0 heterocycles. The minimum absolute atomic E-state index is 0.0451. The summed E-state index contributed by atoms with van der Waals surface area (Å²) in [5.74, 6) is 2.93. The van der Waals surface area contributed by atoms with Crippen LogP contribution in [0, 0.1) is 40.4 Å². The maximum atomic E-state index is 13.0. The minimum atomic E-state index is -0.166. The van der Waals surface area contributed by atoms with E-state index in [9.17, 15) is 10.1 Å². The Balaban J connectivity index is 1.27. The molecule has 3 aliphatic carbocycles. The van der Waals surface area contributed by atoms with Crippen LogP contribution in [0.2, 0.25) is 0 Å².